The molecule has 1 fully saturated rings. The van der Waals surface area contributed by atoms with Crippen LogP contribution in [0.4, 0.5) is 0 Å². The van der Waals surface area contributed by atoms with Crippen LogP contribution in [-0.2, 0) is 0 Å². The van der Waals surface area contributed by atoms with Gasteiger partial charge >= 0.3 is 0 Å². The van der Waals surface area contributed by atoms with Crippen molar-refractivity contribution in [3.63, 3.8) is 0 Å². The van der Waals surface area contributed by atoms with E-state index in [4.69, 9.17) is 0 Å². The molecular formula is C16H28N4S. The van der Waals surface area contributed by atoms with Gasteiger partial charge in [0.15, 0.2) is 5.96 Å². The first-order valence-corrected chi connectivity index (χ1v) is 8.65. The van der Waals surface area contributed by atoms with Gasteiger partial charge < -0.3 is 10.2 Å². The Morgan fingerprint density at radius 1 is 1.48 bits per heavy atom. The summed E-state index contributed by atoms with van der Waals surface area (Å²) >= 11 is 1.86. The average molecular weight is 308 g/mol. The standard InChI is InChI=1S/C16H28N4S/c1-13-7-9-20(10-8-13)14(15-6-5-11-21-15)12-18-16(17-2)19(3)4/h5-6,11,13-14H,7-10,12H2,1-4H3,(H,17,18). The van der Waals surface area contributed by atoms with Gasteiger partial charge in [0.2, 0.25) is 0 Å². The molecule has 1 atom stereocenters. The minimum absolute atomic E-state index is 0.453. The fourth-order valence-corrected chi connectivity index (χ4v) is 3.72. The maximum atomic E-state index is 4.31. The fourth-order valence-electron chi connectivity index (χ4n) is 2.86. The lowest BCUT2D eigenvalue weighted by Crippen LogP contribution is -2.44. The maximum Gasteiger partial charge on any atom is 0.193 e. The molecule has 1 aliphatic rings. The van der Waals surface area contributed by atoms with Gasteiger partial charge in [0.1, 0.15) is 0 Å². The summed E-state index contributed by atoms with van der Waals surface area (Å²) in [6.45, 7) is 5.68. The van der Waals surface area contributed by atoms with Crippen LogP contribution in [0.1, 0.15) is 30.7 Å². The maximum absolute atomic E-state index is 4.31. The summed E-state index contributed by atoms with van der Waals surface area (Å²) in [7, 11) is 5.89. The average Bonchev–Trinajstić information content (AvgIpc) is 2.98. The predicted molar refractivity (Wildman–Crippen MR) is 92.1 cm³/mol. The Bertz CT molecular complexity index is 433. The smallest absolute Gasteiger partial charge is 0.193 e. The Kier molecular flexibility index (Phi) is 6.06. The van der Waals surface area contributed by atoms with E-state index in [9.17, 15) is 0 Å². The topological polar surface area (TPSA) is 30.9 Å². The van der Waals surface area contributed by atoms with Crippen molar-refractivity contribution in [3.8, 4) is 0 Å². The molecule has 21 heavy (non-hydrogen) atoms. The second kappa shape index (κ2) is 7.80. The first-order valence-electron chi connectivity index (χ1n) is 7.77. The van der Waals surface area contributed by atoms with E-state index in [1.807, 2.05) is 37.4 Å². The van der Waals surface area contributed by atoms with Gasteiger partial charge in [0, 0.05) is 32.6 Å². The highest BCUT2D eigenvalue weighted by atomic mass is 32.1. The summed E-state index contributed by atoms with van der Waals surface area (Å²) in [5.41, 5.74) is 0. The number of aliphatic imine (C=N–C) groups is 1. The Balaban J connectivity index is 2.03. The van der Waals surface area contributed by atoms with Crippen molar-refractivity contribution in [2.24, 2.45) is 10.9 Å². The van der Waals surface area contributed by atoms with Crippen molar-refractivity contribution >= 4 is 17.3 Å². The van der Waals surface area contributed by atoms with Gasteiger partial charge in [-0.15, -0.1) is 11.3 Å². The Morgan fingerprint density at radius 2 is 2.19 bits per heavy atom. The van der Waals surface area contributed by atoms with E-state index in [-0.39, 0.29) is 0 Å². The summed E-state index contributed by atoms with van der Waals surface area (Å²) < 4.78 is 0. The van der Waals surface area contributed by atoms with Crippen molar-refractivity contribution in [1.82, 2.24) is 15.1 Å². The van der Waals surface area contributed by atoms with Crippen molar-refractivity contribution in [2.75, 3.05) is 40.8 Å². The van der Waals surface area contributed by atoms with Gasteiger partial charge in [0.05, 0.1) is 6.04 Å². The molecule has 1 unspecified atom stereocenters. The molecule has 2 rings (SSSR count). The van der Waals surface area contributed by atoms with E-state index in [0.29, 0.717) is 6.04 Å². The lowest BCUT2D eigenvalue weighted by Gasteiger charge is -2.36. The van der Waals surface area contributed by atoms with E-state index >= 15 is 0 Å². The van der Waals surface area contributed by atoms with Crippen LogP contribution in [0, 0.1) is 5.92 Å². The van der Waals surface area contributed by atoms with Crippen molar-refractivity contribution in [2.45, 2.75) is 25.8 Å². The number of rotatable bonds is 4. The third kappa shape index (κ3) is 4.45. The molecule has 0 aromatic carbocycles. The SMILES string of the molecule is CN=C(NCC(c1cccs1)N1CCC(C)CC1)N(C)C. The molecule has 0 radical (unpaired) electrons. The second-order valence-corrected chi connectivity index (χ2v) is 7.05. The molecule has 0 amide bonds. The Labute approximate surface area is 132 Å². The van der Waals surface area contributed by atoms with Crippen molar-refractivity contribution < 1.29 is 0 Å². The fraction of sp³-hybridized carbons (Fsp3) is 0.688. The zero-order chi connectivity index (χ0) is 15.2. The second-order valence-electron chi connectivity index (χ2n) is 6.07. The van der Waals surface area contributed by atoms with E-state index in [0.717, 1.165) is 18.4 Å². The zero-order valence-electron chi connectivity index (χ0n) is 13.7. The highest BCUT2D eigenvalue weighted by molar-refractivity contribution is 7.10. The summed E-state index contributed by atoms with van der Waals surface area (Å²) in [5, 5.41) is 5.68. The summed E-state index contributed by atoms with van der Waals surface area (Å²) in [6, 6.07) is 4.86. The summed E-state index contributed by atoms with van der Waals surface area (Å²) in [5.74, 6) is 1.81. The zero-order valence-corrected chi connectivity index (χ0v) is 14.5. The highest BCUT2D eigenvalue weighted by Crippen LogP contribution is 2.29. The molecule has 0 saturated carbocycles. The van der Waals surface area contributed by atoms with E-state index in [1.165, 1.54) is 30.8 Å². The number of likely N-dealkylation sites (tertiary alicyclic amines) is 1. The van der Waals surface area contributed by atoms with Gasteiger partial charge in [-0.25, -0.2) is 0 Å². The highest BCUT2D eigenvalue weighted by Gasteiger charge is 2.25. The Hall–Kier alpha value is -1.07. The van der Waals surface area contributed by atoms with Crippen LogP contribution < -0.4 is 5.32 Å². The molecule has 2 heterocycles. The number of piperidine rings is 1. The normalized spacial score (nSPS) is 19.5. The van der Waals surface area contributed by atoms with Crippen LogP contribution in [0.5, 0.6) is 0 Å². The number of nitrogens with one attached hydrogen (secondary N) is 1. The number of hydrogen-bond acceptors (Lipinski definition) is 3. The third-order valence-corrected chi connectivity index (χ3v) is 5.19. The molecule has 0 bridgehead atoms. The molecule has 0 spiro atoms. The molecule has 1 aliphatic heterocycles. The largest absolute Gasteiger partial charge is 0.354 e. The van der Waals surface area contributed by atoms with Gasteiger partial charge in [0.25, 0.3) is 0 Å². The minimum Gasteiger partial charge on any atom is -0.354 e. The summed E-state index contributed by atoms with van der Waals surface area (Å²) in [6.07, 6.45) is 2.62. The van der Waals surface area contributed by atoms with Crippen LogP contribution >= 0.6 is 11.3 Å². The third-order valence-electron chi connectivity index (χ3n) is 4.22. The van der Waals surface area contributed by atoms with Gasteiger partial charge in [-0.05, 0) is 43.3 Å². The lowest BCUT2D eigenvalue weighted by molar-refractivity contribution is 0.140. The molecule has 4 nitrogen and oxygen atoms in total. The van der Waals surface area contributed by atoms with Gasteiger partial charge in [-0.3, -0.25) is 9.89 Å². The minimum atomic E-state index is 0.453. The van der Waals surface area contributed by atoms with Crippen LogP contribution in [0.15, 0.2) is 22.5 Å². The monoisotopic (exact) mass is 308 g/mol. The van der Waals surface area contributed by atoms with Crippen LogP contribution in [0.3, 0.4) is 0 Å². The lowest BCUT2D eigenvalue weighted by atomic mass is 9.97. The van der Waals surface area contributed by atoms with E-state index < -0.39 is 0 Å². The predicted octanol–water partition coefficient (Wildman–Crippen LogP) is 2.66. The number of thiophene rings is 1. The van der Waals surface area contributed by atoms with Gasteiger partial charge in [-0.2, -0.15) is 0 Å². The first-order chi connectivity index (χ1) is 10.1. The quantitative estimate of drug-likeness (QED) is 0.685. The Morgan fingerprint density at radius 3 is 2.71 bits per heavy atom. The number of hydrogen-bond donors (Lipinski definition) is 1. The van der Waals surface area contributed by atoms with Crippen molar-refractivity contribution in [3.05, 3.63) is 22.4 Å². The molecular weight excluding hydrogens is 280 g/mol. The van der Waals surface area contributed by atoms with E-state index in [1.54, 1.807) is 0 Å². The molecule has 1 aromatic heterocycles. The van der Waals surface area contributed by atoms with Gasteiger partial charge in [-0.1, -0.05) is 13.0 Å². The summed E-state index contributed by atoms with van der Waals surface area (Å²) in [4.78, 5) is 10.4. The van der Waals surface area contributed by atoms with E-state index in [2.05, 4.69) is 39.6 Å². The first kappa shape index (κ1) is 16.3. The molecule has 1 aromatic rings. The molecule has 1 saturated heterocycles. The number of guanidine groups is 1. The molecule has 0 aliphatic carbocycles. The molecule has 1 N–H and O–H groups in total. The van der Waals surface area contributed by atoms with Crippen molar-refractivity contribution in [1.29, 1.82) is 0 Å². The van der Waals surface area contributed by atoms with Crippen LogP contribution in [-0.4, -0.2) is 56.5 Å². The number of nitrogens with zero attached hydrogens (tertiary/aromatic N) is 3. The molecule has 5 heteroatoms. The van der Waals surface area contributed by atoms with Crippen LogP contribution in [0.2, 0.25) is 0 Å². The molecule has 118 valence electrons. The van der Waals surface area contributed by atoms with Crippen LogP contribution in [0.25, 0.3) is 0 Å².